The highest BCUT2D eigenvalue weighted by molar-refractivity contribution is 9.10. The molecule has 1 N–H and O–H groups in total. The van der Waals surface area contributed by atoms with Gasteiger partial charge in [0.1, 0.15) is 6.07 Å². The average molecular weight is 372 g/mol. The maximum atomic E-state index is 12.3. The maximum Gasteiger partial charge on any atom is 0.256 e. The molecule has 3 aromatic rings. The molecular formula is C17H14BrN3O2. The predicted molar refractivity (Wildman–Crippen MR) is 92.7 cm³/mol. The Morgan fingerprint density at radius 2 is 2.22 bits per heavy atom. The third kappa shape index (κ3) is 2.80. The van der Waals surface area contributed by atoms with Crippen molar-refractivity contribution in [2.24, 2.45) is 0 Å². The number of hydrogen-bond acceptors (Lipinski definition) is 4. The molecule has 6 heteroatoms. The van der Waals surface area contributed by atoms with Crippen LogP contribution in [0.3, 0.4) is 0 Å². The highest BCUT2D eigenvalue weighted by Gasteiger charge is 2.15. The molecule has 23 heavy (non-hydrogen) atoms. The molecule has 0 aliphatic heterocycles. The summed E-state index contributed by atoms with van der Waals surface area (Å²) in [6, 6.07) is 7.47. The molecule has 0 saturated heterocycles. The molecule has 5 nitrogen and oxygen atoms in total. The van der Waals surface area contributed by atoms with E-state index in [-0.39, 0.29) is 5.56 Å². The van der Waals surface area contributed by atoms with Crippen molar-refractivity contribution < 1.29 is 4.74 Å². The number of ether oxygens (including phenoxy) is 1. The number of rotatable bonds is 4. The second kappa shape index (κ2) is 6.39. The molecule has 3 rings (SSSR count). The lowest BCUT2D eigenvalue weighted by atomic mass is 10.1. The van der Waals surface area contributed by atoms with Crippen LogP contribution in [0.25, 0.3) is 21.7 Å². The van der Waals surface area contributed by atoms with E-state index >= 15 is 0 Å². The number of aromatic amines is 1. The van der Waals surface area contributed by atoms with Gasteiger partial charge < -0.3 is 9.72 Å². The van der Waals surface area contributed by atoms with Gasteiger partial charge in [0.2, 0.25) is 5.88 Å². The molecule has 0 saturated carbocycles. The number of nitrogens with zero attached hydrogens (tertiary/aromatic N) is 2. The number of halogens is 1. The largest absolute Gasteiger partial charge is 0.477 e. The zero-order valence-electron chi connectivity index (χ0n) is 12.5. The van der Waals surface area contributed by atoms with E-state index in [1.165, 1.54) is 6.20 Å². The Bertz CT molecular complexity index is 989. The summed E-state index contributed by atoms with van der Waals surface area (Å²) in [6.07, 6.45) is 3.36. The third-order valence-electron chi connectivity index (χ3n) is 3.64. The highest BCUT2D eigenvalue weighted by atomic mass is 79.9. The van der Waals surface area contributed by atoms with Crippen molar-refractivity contribution in [3.05, 3.63) is 44.8 Å². The summed E-state index contributed by atoms with van der Waals surface area (Å²) in [5.41, 5.74) is 0.550. The first kappa shape index (κ1) is 15.5. The molecular weight excluding hydrogens is 358 g/mol. The number of benzene rings is 1. The number of nitriles is 1. The molecule has 0 radical (unpaired) electrons. The van der Waals surface area contributed by atoms with Gasteiger partial charge in [-0.2, -0.15) is 5.26 Å². The van der Waals surface area contributed by atoms with E-state index in [1.807, 2.05) is 12.1 Å². The van der Waals surface area contributed by atoms with Gasteiger partial charge in [-0.05, 0) is 24.6 Å². The van der Waals surface area contributed by atoms with Gasteiger partial charge in [0.25, 0.3) is 5.56 Å². The fourth-order valence-corrected chi connectivity index (χ4v) is 2.84. The fourth-order valence-electron chi connectivity index (χ4n) is 2.48. The van der Waals surface area contributed by atoms with Crippen LogP contribution in [-0.4, -0.2) is 16.6 Å². The minimum absolute atomic E-state index is 0.234. The fraction of sp³-hybridized carbons (Fsp3) is 0.235. The minimum atomic E-state index is -0.234. The van der Waals surface area contributed by atoms with E-state index in [1.54, 1.807) is 6.07 Å². The van der Waals surface area contributed by atoms with Crippen LogP contribution in [0.5, 0.6) is 5.88 Å². The molecule has 0 atom stereocenters. The molecule has 0 bridgehead atoms. The summed E-state index contributed by atoms with van der Waals surface area (Å²) in [5.74, 6) is 0.437. The van der Waals surface area contributed by atoms with Gasteiger partial charge in [0.05, 0.1) is 29.3 Å². The van der Waals surface area contributed by atoms with Crippen molar-refractivity contribution >= 4 is 37.6 Å². The molecule has 2 aromatic heterocycles. The molecule has 2 heterocycles. The van der Waals surface area contributed by atoms with E-state index in [0.29, 0.717) is 39.7 Å². The van der Waals surface area contributed by atoms with E-state index in [2.05, 4.69) is 38.9 Å². The van der Waals surface area contributed by atoms with Crippen LogP contribution >= 0.6 is 15.9 Å². The zero-order chi connectivity index (χ0) is 16.4. The number of H-pyrrole nitrogens is 1. The Balaban J connectivity index is 2.39. The van der Waals surface area contributed by atoms with Crippen molar-refractivity contribution in [3.8, 4) is 11.9 Å². The van der Waals surface area contributed by atoms with Gasteiger partial charge in [-0.1, -0.05) is 29.3 Å². The molecule has 0 spiro atoms. The maximum absolute atomic E-state index is 12.3. The summed E-state index contributed by atoms with van der Waals surface area (Å²) in [7, 11) is 0. The van der Waals surface area contributed by atoms with Crippen molar-refractivity contribution in [1.82, 2.24) is 9.97 Å². The minimum Gasteiger partial charge on any atom is -0.477 e. The quantitative estimate of drug-likeness (QED) is 0.557. The first-order chi connectivity index (χ1) is 11.2. The molecule has 116 valence electrons. The summed E-state index contributed by atoms with van der Waals surface area (Å²) in [4.78, 5) is 19.4. The molecule has 0 amide bonds. The number of pyridine rings is 2. The van der Waals surface area contributed by atoms with Gasteiger partial charge in [0, 0.05) is 15.2 Å². The lowest BCUT2D eigenvalue weighted by molar-refractivity contribution is 0.302. The number of unbranched alkanes of at least 4 members (excludes halogenated alkanes) is 1. The SMILES string of the molecule is CCCCOc1ncc(C#N)c2[nH]c(=O)c3ccc(Br)cc3c12. The average Bonchev–Trinajstić information content (AvgIpc) is 2.54. The predicted octanol–water partition coefficient (Wildman–Crippen LogP) is 3.89. The number of nitrogens with one attached hydrogen (secondary N) is 1. The van der Waals surface area contributed by atoms with Crippen molar-refractivity contribution in [3.63, 3.8) is 0 Å². The Morgan fingerprint density at radius 1 is 1.39 bits per heavy atom. The van der Waals surface area contributed by atoms with Crippen LogP contribution in [0.1, 0.15) is 25.3 Å². The first-order valence-electron chi connectivity index (χ1n) is 7.33. The van der Waals surface area contributed by atoms with Crippen molar-refractivity contribution in [2.75, 3.05) is 6.61 Å². The highest BCUT2D eigenvalue weighted by Crippen LogP contribution is 2.31. The Morgan fingerprint density at radius 3 is 2.96 bits per heavy atom. The number of fused-ring (bicyclic) bond motifs is 3. The normalized spacial score (nSPS) is 10.8. The third-order valence-corrected chi connectivity index (χ3v) is 4.13. The standard InChI is InChI=1S/C17H14BrN3O2/c1-2-3-6-23-17-14-13-7-11(18)4-5-12(13)16(22)21-15(14)10(8-19)9-20-17/h4-5,7,9H,2-3,6H2,1H3,(H,21,22). The van der Waals surface area contributed by atoms with Gasteiger partial charge in [-0.15, -0.1) is 0 Å². The summed E-state index contributed by atoms with van der Waals surface area (Å²) in [6.45, 7) is 2.62. The topological polar surface area (TPSA) is 78.8 Å². The Hall–Kier alpha value is -2.39. The second-order valence-corrected chi connectivity index (χ2v) is 6.10. The molecule has 0 aliphatic rings. The Kier molecular flexibility index (Phi) is 4.30. The van der Waals surface area contributed by atoms with Gasteiger partial charge >= 0.3 is 0 Å². The zero-order valence-corrected chi connectivity index (χ0v) is 14.1. The summed E-state index contributed by atoms with van der Waals surface area (Å²) >= 11 is 3.43. The van der Waals surface area contributed by atoms with Crippen LogP contribution in [0.4, 0.5) is 0 Å². The number of hydrogen-bond donors (Lipinski definition) is 1. The lowest BCUT2D eigenvalue weighted by Crippen LogP contribution is -2.09. The summed E-state index contributed by atoms with van der Waals surface area (Å²) in [5, 5.41) is 11.2. The second-order valence-electron chi connectivity index (χ2n) is 5.18. The van der Waals surface area contributed by atoms with Gasteiger partial charge in [-0.25, -0.2) is 4.98 Å². The lowest BCUT2D eigenvalue weighted by Gasteiger charge is -2.11. The van der Waals surface area contributed by atoms with Crippen molar-refractivity contribution in [2.45, 2.75) is 19.8 Å². The first-order valence-corrected chi connectivity index (χ1v) is 8.12. The van der Waals surface area contributed by atoms with Crippen LogP contribution < -0.4 is 10.3 Å². The van der Waals surface area contributed by atoms with Crippen molar-refractivity contribution in [1.29, 1.82) is 5.26 Å². The Labute approximate surface area is 141 Å². The molecule has 0 fully saturated rings. The monoisotopic (exact) mass is 371 g/mol. The summed E-state index contributed by atoms with van der Waals surface area (Å²) < 4.78 is 6.64. The number of aromatic nitrogens is 2. The smallest absolute Gasteiger partial charge is 0.256 e. The van der Waals surface area contributed by atoms with E-state index < -0.39 is 0 Å². The van der Waals surface area contributed by atoms with E-state index in [0.717, 1.165) is 17.3 Å². The van der Waals surface area contributed by atoms with E-state index in [9.17, 15) is 10.1 Å². The van der Waals surface area contributed by atoms with Gasteiger partial charge in [-0.3, -0.25) is 4.79 Å². The molecule has 0 aliphatic carbocycles. The van der Waals surface area contributed by atoms with Gasteiger partial charge in [0.15, 0.2) is 0 Å². The van der Waals surface area contributed by atoms with Crippen LogP contribution in [0.2, 0.25) is 0 Å². The van der Waals surface area contributed by atoms with Crippen LogP contribution in [-0.2, 0) is 0 Å². The van der Waals surface area contributed by atoms with Crippen LogP contribution in [0.15, 0.2) is 33.7 Å². The van der Waals surface area contributed by atoms with E-state index in [4.69, 9.17) is 4.74 Å². The van der Waals surface area contributed by atoms with Crippen LogP contribution in [0, 0.1) is 11.3 Å². The molecule has 1 aromatic carbocycles. The molecule has 0 unspecified atom stereocenters.